The van der Waals surface area contributed by atoms with Gasteiger partial charge in [0.25, 0.3) is 6.01 Å². The van der Waals surface area contributed by atoms with Crippen molar-refractivity contribution in [1.29, 1.82) is 0 Å². The summed E-state index contributed by atoms with van der Waals surface area (Å²) in [6.07, 6.45) is 0.942. The molecule has 1 unspecified atom stereocenters. The minimum absolute atomic E-state index is 0.254. The first-order valence-corrected chi connectivity index (χ1v) is 7.09. The summed E-state index contributed by atoms with van der Waals surface area (Å²) in [5.74, 6) is 0. The van der Waals surface area contributed by atoms with Crippen LogP contribution in [0.1, 0.15) is 12.5 Å². The molecule has 2 heterocycles. The predicted molar refractivity (Wildman–Crippen MR) is 79.5 cm³/mol. The Hall–Kier alpha value is -2.01. The largest absolute Gasteiger partial charge is 0.423 e. The highest BCUT2D eigenvalue weighted by molar-refractivity contribution is 7.07. The van der Waals surface area contributed by atoms with E-state index in [0.717, 1.165) is 6.42 Å². The molecule has 0 aliphatic rings. The van der Waals surface area contributed by atoms with Gasteiger partial charge in [-0.25, -0.2) is 0 Å². The monoisotopic (exact) mass is 273 g/mol. The Kier molecular flexibility index (Phi) is 3.13. The minimum atomic E-state index is 0.254. The maximum absolute atomic E-state index is 5.86. The molecule has 0 aliphatic heterocycles. The maximum Gasteiger partial charge on any atom is 0.295 e. The van der Waals surface area contributed by atoms with Gasteiger partial charge in [0.15, 0.2) is 5.58 Å². The summed E-state index contributed by atoms with van der Waals surface area (Å²) in [4.78, 5) is 4.38. The van der Waals surface area contributed by atoms with Gasteiger partial charge < -0.3 is 15.5 Å². The van der Waals surface area contributed by atoms with E-state index in [1.807, 2.05) is 18.2 Å². The van der Waals surface area contributed by atoms with Crippen molar-refractivity contribution in [1.82, 2.24) is 4.98 Å². The topological polar surface area (TPSA) is 64.1 Å². The van der Waals surface area contributed by atoms with E-state index < -0.39 is 0 Å². The second kappa shape index (κ2) is 4.93. The molecule has 0 amide bonds. The van der Waals surface area contributed by atoms with Crippen LogP contribution in [-0.2, 0) is 6.42 Å². The van der Waals surface area contributed by atoms with E-state index in [2.05, 4.69) is 34.1 Å². The predicted octanol–water partition coefficient (Wildman–Crippen LogP) is 3.51. The average Bonchev–Trinajstić information content (AvgIpc) is 2.98. The zero-order chi connectivity index (χ0) is 13.2. The lowest BCUT2D eigenvalue weighted by molar-refractivity contribution is 0.599. The third-order valence-corrected chi connectivity index (χ3v) is 3.67. The summed E-state index contributed by atoms with van der Waals surface area (Å²) in [5.41, 5.74) is 9.25. The molecule has 1 atom stereocenters. The molecular weight excluding hydrogens is 258 g/mol. The van der Waals surface area contributed by atoms with Gasteiger partial charge in [0, 0.05) is 6.04 Å². The zero-order valence-corrected chi connectivity index (χ0v) is 11.4. The summed E-state index contributed by atoms with van der Waals surface area (Å²) in [6, 6.07) is 8.46. The van der Waals surface area contributed by atoms with Gasteiger partial charge in [0.05, 0.1) is 5.69 Å². The quantitative estimate of drug-likeness (QED) is 0.714. The number of oxazole rings is 1. The minimum Gasteiger partial charge on any atom is -0.423 e. The lowest BCUT2D eigenvalue weighted by atomic mass is 10.1. The van der Waals surface area contributed by atoms with Crippen LogP contribution in [0.3, 0.4) is 0 Å². The molecular formula is C14H15N3OS. The van der Waals surface area contributed by atoms with Crippen LogP contribution in [0, 0.1) is 0 Å². The van der Waals surface area contributed by atoms with Gasteiger partial charge in [-0.2, -0.15) is 16.3 Å². The first-order valence-electron chi connectivity index (χ1n) is 6.15. The molecule has 0 saturated heterocycles. The highest BCUT2D eigenvalue weighted by Crippen LogP contribution is 2.24. The SMILES string of the molecule is CC(Cc1ccsc1)Nc1nc2c(N)cccc2o1. The normalized spacial score (nSPS) is 12.7. The van der Waals surface area contributed by atoms with Gasteiger partial charge >= 0.3 is 0 Å². The highest BCUT2D eigenvalue weighted by atomic mass is 32.1. The number of nitrogen functional groups attached to an aromatic ring is 1. The molecule has 3 rings (SSSR count). The molecule has 0 bridgehead atoms. The fourth-order valence-corrected chi connectivity index (χ4v) is 2.74. The van der Waals surface area contributed by atoms with Crippen LogP contribution in [0.2, 0.25) is 0 Å². The van der Waals surface area contributed by atoms with E-state index in [-0.39, 0.29) is 6.04 Å². The molecule has 98 valence electrons. The Morgan fingerprint density at radius 3 is 3.05 bits per heavy atom. The second-order valence-corrected chi connectivity index (χ2v) is 5.37. The van der Waals surface area contributed by atoms with Crippen molar-refractivity contribution >= 4 is 34.1 Å². The Balaban J connectivity index is 1.76. The molecule has 0 spiro atoms. The smallest absolute Gasteiger partial charge is 0.295 e. The van der Waals surface area contributed by atoms with Crippen LogP contribution >= 0.6 is 11.3 Å². The van der Waals surface area contributed by atoms with Gasteiger partial charge in [0.2, 0.25) is 0 Å². The maximum atomic E-state index is 5.86. The van der Waals surface area contributed by atoms with Crippen molar-refractivity contribution in [3.63, 3.8) is 0 Å². The molecule has 19 heavy (non-hydrogen) atoms. The van der Waals surface area contributed by atoms with Crippen LogP contribution < -0.4 is 11.1 Å². The first-order chi connectivity index (χ1) is 9.22. The molecule has 5 heteroatoms. The van der Waals surface area contributed by atoms with Crippen LogP contribution in [0.15, 0.2) is 39.4 Å². The zero-order valence-electron chi connectivity index (χ0n) is 10.6. The van der Waals surface area contributed by atoms with Gasteiger partial charge in [-0.1, -0.05) is 6.07 Å². The molecule has 3 aromatic rings. The van der Waals surface area contributed by atoms with Gasteiger partial charge in [-0.15, -0.1) is 0 Å². The summed E-state index contributed by atoms with van der Waals surface area (Å²) >= 11 is 1.71. The number of rotatable bonds is 4. The van der Waals surface area contributed by atoms with E-state index >= 15 is 0 Å². The molecule has 0 aliphatic carbocycles. The standard InChI is InChI=1S/C14H15N3OS/c1-9(7-10-5-6-19-8-10)16-14-17-13-11(15)3-2-4-12(13)18-14/h2-6,8-9H,7,15H2,1H3,(H,16,17). The number of hydrogen-bond acceptors (Lipinski definition) is 5. The van der Waals surface area contributed by atoms with Crippen LogP contribution in [0.25, 0.3) is 11.1 Å². The van der Waals surface area contributed by atoms with E-state index in [9.17, 15) is 0 Å². The fourth-order valence-electron chi connectivity index (χ4n) is 2.06. The third kappa shape index (κ3) is 2.56. The number of benzene rings is 1. The number of fused-ring (bicyclic) bond motifs is 1. The summed E-state index contributed by atoms with van der Waals surface area (Å²) in [7, 11) is 0. The average molecular weight is 273 g/mol. The molecule has 0 radical (unpaired) electrons. The van der Waals surface area contributed by atoms with E-state index in [1.165, 1.54) is 5.56 Å². The van der Waals surface area contributed by atoms with Crippen molar-refractivity contribution in [2.75, 3.05) is 11.1 Å². The van der Waals surface area contributed by atoms with Crippen molar-refractivity contribution in [2.24, 2.45) is 0 Å². The number of nitrogens with one attached hydrogen (secondary N) is 1. The van der Waals surface area contributed by atoms with Crippen LogP contribution in [-0.4, -0.2) is 11.0 Å². The van der Waals surface area contributed by atoms with Crippen molar-refractivity contribution in [2.45, 2.75) is 19.4 Å². The molecule has 0 saturated carbocycles. The van der Waals surface area contributed by atoms with E-state index in [1.54, 1.807) is 11.3 Å². The molecule has 2 aromatic heterocycles. The van der Waals surface area contributed by atoms with Crippen molar-refractivity contribution < 1.29 is 4.42 Å². The van der Waals surface area contributed by atoms with Gasteiger partial charge in [-0.05, 0) is 47.9 Å². The van der Waals surface area contributed by atoms with Crippen LogP contribution in [0.5, 0.6) is 0 Å². The number of thiophene rings is 1. The van der Waals surface area contributed by atoms with E-state index in [4.69, 9.17) is 10.2 Å². The molecule has 4 nitrogen and oxygen atoms in total. The fraction of sp³-hybridized carbons (Fsp3) is 0.214. The van der Waals surface area contributed by atoms with Gasteiger partial charge in [-0.3, -0.25) is 0 Å². The number of para-hydroxylation sites is 1. The summed E-state index contributed by atoms with van der Waals surface area (Å²) in [5, 5.41) is 7.51. The van der Waals surface area contributed by atoms with E-state index in [0.29, 0.717) is 22.8 Å². The lowest BCUT2D eigenvalue weighted by Crippen LogP contribution is -2.17. The third-order valence-electron chi connectivity index (χ3n) is 2.94. The summed E-state index contributed by atoms with van der Waals surface area (Å²) < 4.78 is 5.64. The number of aromatic nitrogens is 1. The molecule has 1 aromatic carbocycles. The number of hydrogen-bond donors (Lipinski definition) is 2. The Morgan fingerprint density at radius 2 is 2.32 bits per heavy atom. The molecule has 3 N–H and O–H groups in total. The number of nitrogens with two attached hydrogens (primary N) is 1. The summed E-state index contributed by atoms with van der Waals surface area (Å²) in [6.45, 7) is 2.11. The van der Waals surface area contributed by atoms with Crippen LogP contribution in [0.4, 0.5) is 11.7 Å². The molecule has 0 fully saturated rings. The highest BCUT2D eigenvalue weighted by Gasteiger charge is 2.11. The lowest BCUT2D eigenvalue weighted by Gasteiger charge is -2.10. The Bertz CT molecular complexity index is 675. The number of anilines is 2. The van der Waals surface area contributed by atoms with Gasteiger partial charge in [0.1, 0.15) is 5.52 Å². The number of nitrogens with zero attached hydrogens (tertiary/aromatic N) is 1. The Morgan fingerprint density at radius 1 is 1.42 bits per heavy atom. The Labute approximate surface area is 115 Å². The first kappa shape index (κ1) is 12.0. The van der Waals surface area contributed by atoms with Crippen molar-refractivity contribution in [3.8, 4) is 0 Å². The van der Waals surface area contributed by atoms with Crippen molar-refractivity contribution in [3.05, 3.63) is 40.6 Å². The second-order valence-electron chi connectivity index (χ2n) is 4.59.